The normalized spacial score (nSPS) is 15.8. The van der Waals surface area contributed by atoms with Crippen LogP contribution in [0.4, 0.5) is 5.69 Å². The first-order valence-corrected chi connectivity index (χ1v) is 13.0. The van der Waals surface area contributed by atoms with Crippen LogP contribution in [0.25, 0.3) is 10.2 Å². The van der Waals surface area contributed by atoms with Crippen molar-refractivity contribution < 1.29 is 13.2 Å². The molecule has 1 N–H and O–H groups in total. The molecule has 0 unspecified atom stereocenters. The van der Waals surface area contributed by atoms with Gasteiger partial charge in [0, 0.05) is 36.3 Å². The van der Waals surface area contributed by atoms with Gasteiger partial charge in [-0.25, -0.2) is 8.42 Å². The summed E-state index contributed by atoms with van der Waals surface area (Å²) in [7, 11) is -3.70. The van der Waals surface area contributed by atoms with Gasteiger partial charge in [-0.1, -0.05) is 29.0 Å². The number of carbonyl (C=O) groups excluding carboxylic acids is 1. The summed E-state index contributed by atoms with van der Waals surface area (Å²) in [5.41, 5.74) is 2.31. The number of benzene rings is 2. The Kier molecular flexibility index (Phi) is 6.44. The van der Waals surface area contributed by atoms with E-state index >= 15 is 0 Å². The van der Waals surface area contributed by atoms with E-state index in [-0.39, 0.29) is 34.7 Å². The van der Waals surface area contributed by atoms with E-state index in [1.165, 1.54) is 4.31 Å². The Morgan fingerprint density at radius 3 is 2.56 bits per heavy atom. The highest BCUT2D eigenvalue weighted by molar-refractivity contribution is 7.89. The third kappa shape index (κ3) is 4.34. The number of carbonyl (C=O) groups is 1. The molecule has 1 aromatic heterocycles. The average molecular weight is 494 g/mol. The van der Waals surface area contributed by atoms with Gasteiger partial charge in [-0.2, -0.15) is 4.31 Å². The summed E-state index contributed by atoms with van der Waals surface area (Å²) in [5.74, 6) is -0.401. The molecule has 4 rings (SSSR count). The van der Waals surface area contributed by atoms with Crippen LogP contribution in [-0.4, -0.2) is 36.3 Å². The number of hydrogen-bond acceptors (Lipinski definition) is 5. The Morgan fingerprint density at radius 2 is 1.91 bits per heavy atom. The lowest BCUT2D eigenvalue weighted by atomic mass is 9.97. The molecular weight excluding hydrogens is 470 g/mol. The van der Waals surface area contributed by atoms with Gasteiger partial charge in [-0.15, -0.1) is 0 Å². The lowest BCUT2D eigenvalue weighted by Gasteiger charge is -2.30. The molecule has 0 atom stereocenters. The van der Waals surface area contributed by atoms with Gasteiger partial charge in [0.15, 0.2) is 0 Å². The van der Waals surface area contributed by atoms with Crippen LogP contribution in [-0.2, 0) is 21.4 Å². The van der Waals surface area contributed by atoms with E-state index in [9.17, 15) is 18.0 Å². The summed E-state index contributed by atoms with van der Waals surface area (Å²) >= 11 is 7.17. The minimum absolute atomic E-state index is 0.0984. The maximum Gasteiger partial charge on any atom is 0.308 e. The van der Waals surface area contributed by atoms with Gasteiger partial charge < -0.3 is 5.32 Å². The van der Waals surface area contributed by atoms with E-state index in [4.69, 9.17) is 11.6 Å². The quantitative estimate of drug-likeness (QED) is 0.580. The summed E-state index contributed by atoms with van der Waals surface area (Å²) < 4.78 is 30.0. The maximum atomic E-state index is 13.2. The molecule has 0 aliphatic carbocycles. The smallest absolute Gasteiger partial charge is 0.308 e. The zero-order valence-electron chi connectivity index (χ0n) is 17.8. The number of aromatic nitrogens is 1. The summed E-state index contributed by atoms with van der Waals surface area (Å²) in [6.07, 6.45) is 0.874. The van der Waals surface area contributed by atoms with Crippen molar-refractivity contribution in [3.63, 3.8) is 0 Å². The molecule has 2 heterocycles. The average Bonchev–Trinajstić information content (AvgIpc) is 3.10. The van der Waals surface area contributed by atoms with E-state index in [1.807, 2.05) is 19.9 Å². The number of amides is 1. The molecule has 10 heteroatoms. The van der Waals surface area contributed by atoms with Gasteiger partial charge in [0.2, 0.25) is 15.9 Å². The van der Waals surface area contributed by atoms with Crippen LogP contribution >= 0.6 is 22.9 Å². The SMILES string of the molecule is CCn1c(=O)sc2cc(S(=O)(=O)N3CCC(C(=O)Nc4ccc(C)c(Cl)c4)CC3)ccc21. The molecule has 2 aromatic carbocycles. The van der Waals surface area contributed by atoms with E-state index < -0.39 is 10.0 Å². The number of hydrogen-bond donors (Lipinski definition) is 1. The molecule has 1 aliphatic heterocycles. The summed E-state index contributed by atoms with van der Waals surface area (Å²) in [6, 6.07) is 10.2. The molecule has 32 heavy (non-hydrogen) atoms. The number of halogens is 1. The molecule has 0 saturated carbocycles. The predicted octanol–water partition coefficient (Wildman–Crippen LogP) is 4.08. The van der Waals surface area contributed by atoms with Crippen LogP contribution in [0.5, 0.6) is 0 Å². The lowest BCUT2D eigenvalue weighted by Crippen LogP contribution is -2.41. The van der Waals surface area contributed by atoms with Crippen LogP contribution < -0.4 is 10.2 Å². The Hall–Kier alpha value is -2.20. The number of thiazole rings is 1. The highest BCUT2D eigenvalue weighted by Crippen LogP contribution is 2.28. The first kappa shape index (κ1) is 23.0. The number of rotatable bonds is 5. The van der Waals surface area contributed by atoms with Gasteiger partial charge in [0.25, 0.3) is 0 Å². The standard InChI is InChI=1S/C22H24ClN3O4S2/c1-3-26-19-7-6-17(13-20(19)31-22(26)28)32(29,30)25-10-8-15(9-11-25)21(27)24-16-5-4-14(2)18(23)12-16/h4-7,12-13,15H,3,8-11H2,1-2H3,(H,24,27). The molecular formula is C22H24ClN3O4S2. The third-order valence-electron chi connectivity index (χ3n) is 5.86. The minimum Gasteiger partial charge on any atom is -0.326 e. The molecule has 0 bridgehead atoms. The number of anilines is 1. The second-order valence-corrected chi connectivity index (χ2v) is 11.2. The van der Waals surface area contributed by atoms with Crippen LogP contribution in [0.1, 0.15) is 25.3 Å². The van der Waals surface area contributed by atoms with Gasteiger partial charge >= 0.3 is 4.87 Å². The van der Waals surface area contributed by atoms with Crippen molar-refractivity contribution in [1.29, 1.82) is 0 Å². The Labute approximate surface area is 195 Å². The van der Waals surface area contributed by atoms with Crippen molar-refractivity contribution in [2.45, 2.75) is 38.1 Å². The van der Waals surface area contributed by atoms with Gasteiger partial charge in [0.05, 0.1) is 15.1 Å². The molecule has 0 spiro atoms. The van der Waals surface area contributed by atoms with Crippen molar-refractivity contribution in [3.8, 4) is 0 Å². The molecule has 170 valence electrons. The fraction of sp³-hybridized carbons (Fsp3) is 0.364. The highest BCUT2D eigenvalue weighted by atomic mass is 35.5. The third-order valence-corrected chi connectivity index (χ3v) is 9.10. The number of nitrogens with one attached hydrogen (secondary N) is 1. The second-order valence-electron chi connectivity index (χ2n) is 7.87. The van der Waals surface area contributed by atoms with Crippen LogP contribution in [0.3, 0.4) is 0 Å². The molecule has 7 nitrogen and oxygen atoms in total. The van der Waals surface area contributed by atoms with Gasteiger partial charge in [-0.3, -0.25) is 14.2 Å². The van der Waals surface area contributed by atoms with Crippen LogP contribution in [0.15, 0.2) is 46.1 Å². The van der Waals surface area contributed by atoms with Crippen molar-refractivity contribution in [2.24, 2.45) is 5.92 Å². The van der Waals surface area contributed by atoms with Gasteiger partial charge in [-0.05, 0) is 62.6 Å². The van der Waals surface area contributed by atoms with E-state index in [2.05, 4.69) is 5.32 Å². The Balaban J connectivity index is 1.45. The minimum atomic E-state index is -3.70. The number of fused-ring (bicyclic) bond motifs is 1. The second kappa shape index (κ2) is 8.97. The number of aryl methyl sites for hydroxylation is 2. The summed E-state index contributed by atoms with van der Waals surface area (Å²) in [6.45, 7) is 4.83. The van der Waals surface area contributed by atoms with Crippen molar-refractivity contribution in [1.82, 2.24) is 8.87 Å². The van der Waals surface area contributed by atoms with Crippen molar-refractivity contribution in [2.75, 3.05) is 18.4 Å². The Bertz CT molecular complexity index is 1340. The number of sulfonamides is 1. The zero-order valence-corrected chi connectivity index (χ0v) is 20.2. The van der Waals surface area contributed by atoms with Crippen LogP contribution in [0, 0.1) is 12.8 Å². The topological polar surface area (TPSA) is 88.5 Å². The first-order chi connectivity index (χ1) is 15.2. The molecule has 1 saturated heterocycles. The molecule has 3 aromatic rings. The van der Waals surface area contributed by atoms with Crippen molar-refractivity contribution >= 4 is 54.8 Å². The monoisotopic (exact) mass is 493 g/mol. The zero-order chi connectivity index (χ0) is 23.0. The molecule has 0 radical (unpaired) electrons. The lowest BCUT2D eigenvalue weighted by molar-refractivity contribution is -0.120. The van der Waals surface area contributed by atoms with Crippen LogP contribution in [0.2, 0.25) is 5.02 Å². The Morgan fingerprint density at radius 1 is 1.19 bits per heavy atom. The largest absolute Gasteiger partial charge is 0.326 e. The van der Waals surface area contributed by atoms with E-state index in [1.54, 1.807) is 34.9 Å². The summed E-state index contributed by atoms with van der Waals surface area (Å²) in [5, 5.41) is 3.46. The van der Waals surface area contributed by atoms with Gasteiger partial charge in [0.1, 0.15) is 0 Å². The number of piperidine rings is 1. The fourth-order valence-electron chi connectivity index (χ4n) is 3.93. The first-order valence-electron chi connectivity index (χ1n) is 10.4. The van der Waals surface area contributed by atoms with Crippen molar-refractivity contribution in [3.05, 3.63) is 56.7 Å². The van der Waals surface area contributed by atoms with E-state index in [0.717, 1.165) is 22.4 Å². The summed E-state index contributed by atoms with van der Waals surface area (Å²) in [4.78, 5) is 24.8. The molecule has 1 fully saturated rings. The molecule has 1 aliphatic rings. The fourth-order valence-corrected chi connectivity index (χ4v) is 6.68. The molecule has 1 amide bonds. The maximum absolute atomic E-state index is 13.2. The number of nitrogens with zero attached hydrogens (tertiary/aromatic N) is 2. The van der Waals surface area contributed by atoms with E-state index in [0.29, 0.717) is 34.8 Å². The predicted molar refractivity (Wildman–Crippen MR) is 128 cm³/mol. The highest BCUT2D eigenvalue weighted by Gasteiger charge is 2.32.